The second-order valence-electron chi connectivity index (χ2n) is 8.54. The number of halogens is 1. The number of aliphatic hydroxyl groups excluding tert-OH is 1. The predicted molar refractivity (Wildman–Crippen MR) is 134 cm³/mol. The molecule has 0 saturated carbocycles. The number of benzene rings is 1. The van der Waals surface area contributed by atoms with Crippen LogP contribution in [0.1, 0.15) is 59.2 Å². The summed E-state index contributed by atoms with van der Waals surface area (Å²) in [5, 5.41) is 11.9. The fourth-order valence-electron chi connectivity index (χ4n) is 4.68. The second-order valence-corrected chi connectivity index (χ2v) is 8.98. The number of rotatable bonds is 9. The third-order valence-electron chi connectivity index (χ3n) is 6.54. The number of likely N-dealkylation sites (tertiary alicyclic amines) is 1. The van der Waals surface area contributed by atoms with Gasteiger partial charge in [0.05, 0.1) is 18.7 Å². The zero-order valence-corrected chi connectivity index (χ0v) is 21.5. The molecule has 0 radical (unpaired) electrons. The molecule has 1 atom stereocenters. The highest BCUT2D eigenvalue weighted by molar-refractivity contribution is 6.46. The number of hydrogen-bond acceptors (Lipinski definition) is 6. The van der Waals surface area contributed by atoms with Crippen LogP contribution in [0.3, 0.4) is 0 Å². The van der Waals surface area contributed by atoms with E-state index >= 15 is 0 Å². The molecule has 1 amide bonds. The Morgan fingerprint density at radius 1 is 1.23 bits per heavy atom. The highest BCUT2D eigenvalue weighted by atomic mass is 35.5. The molecule has 0 bridgehead atoms. The maximum atomic E-state index is 13.3. The minimum absolute atomic E-state index is 0.0262. The number of ketones is 1. The number of hydrogen-bond donors (Lipinski definition) is 2. The molecule has 9 heteroatoms. The topological polar surface area (TPSA) is 103 Å². The number of amides is 1. The van der Waals surface area contributed by atoms with Gasteiger partial charge < -0.3 is 24.6 Å². The lowest BCUT2D eigenvalue weighted by Gasteiger charge is -2.27. The summed E-state index contributed by atoms with van der Waals surface area (Å²) in [4.78, 5) is 45.3. The predicted octanol–water partition coefficient (Wildman–Crippen LogP) is 4.23. The SMILES string of the molecule is CCN(CC)CCCN1C(=O)C(=O)C(=C(O)c2c(C)[nH]c(C(=O)OC)c2C)[C@H]1c1cccc(Cl)c1. The van der Waals surface area contributed by atoms with Crippen molar-refractivity contribution in [3.05, 3.63) is 62.9 Å². The number of aliphatic hydroxyl groups is 1. The minimum Gasteiger partial charge on any atom is -0.507 e. The van der Waals surface area contributed by atoms with Crippen LogP contribution in [0, 0.1) is 13.8 Å². The first-order valence-electron chi connectivity index (χ1n) is 11.7. The first-order chi connectivity index (χ1) is 16.7. The quantitative estimate of drug-likeness (QED) is 0.231. The monoisotopic (exact) mass is 501 g/mol. The highest BCUT2D eigenvalue weighted by Crippen LogP contribution is 2.41. The van der Waals surface area contributed by atoms with E-state index in [9.17, 15) is 19.5 Å². The first-order valence-corrected chi connectivity index (χ1v) is 12.1. The Hall–Kier alpha value is -3.10. The summed E-state index contributed by atoms with van der Waals surface area (Å²) in [5.74, 6) is -2.36. The molecule has 8 nitrogen and oxygen atoms in total. The summed E-state index contributed by atoms with van der Waals surface area (Å²) < 4.78 is 4.82. The van der Waals surface area contributed by atoms with Gasteiger partial charge in [-0.05, 0) is 63.2 Å². The Balaban J connectivity index is 2.12. The van der Waals surface area contributed by atoms with Gasteiger partial charge in [0.2, 0.25) is 0 Å². The van der Waals surface area contributed by atoms with Gasteiger partial charge >= 0.3 is 5.97 Å². The lowest BCUT2D eigenvalue weighted by molar-refractivity contribution is -0.140. The fourth-order valence-corrected chi connectivity index (χ4v) is 4.88. The minimum atomic E-state index is -0.805. The summed E-state index contributed by atoms with van der Waals surface area (Å²) in [6.45, 7) is 10.4. The van der Waals surface area contributed by atoms with Gasteiger partial charge in [0.15, 0.2) is 0 Å². The number of aryl methyl sites for hydroxylation is 1. The van der Waals surface area contributed by atoms with E-state index in [1.54, 1.807) is 38.1 Å². The van der Waals surface area contributed by atoms with Crippen molar-refractivity contribution in [3.8, 4) is 0 Å². The van der Waals surface area contributed by atoms with E-state index in [1.165, 1.54) is 12.0 Å². The van der Waals surface area contributed by atoms with Gasteiger partial charge in [-0.2, -0.15) is 0 Å². The van der Waals surface area contributed by atoms with Crippen molar-refractivity contribution in [3.63, 3.8) is 0 Å². The Morgan fingerprint density at radius 3 is 2.51 bits per heavy atom. The number of carbonyl (C=O) groups is 3. The van der Waals surface area contributed by atoms with Gasteiger partial charge in [0, 0.05) is 22.8 Å². The average Bonchev–Trinajstić information content (AvgIpc) is 3.28. The van der Waals surface area contributed by atoms with Gasteiger partial charge in [-0.3, -0.25) is 9.59 Å². The van der Waals surface area contributed by atoms with Gasteiger partial charge in [-0.25, -0.2) is 4.79 Å². The highest BCUT2D eigenvalue weighted by Gasteiger charge is 2.46. The van der Waals surface area contributed by atoms with E-state index in [2.05, 4.69) is 23.7 Å². The zero-order chi connectivity index (χ0) is 25.9. The van der Waals surface area contributed by atoms with Crippen molar-refractivity contribution in [1.82, 2.24) is 14.8 Å². The maximum Gasteiger partial charge on any atom is 0.354 e. The number of H-pyrrole nitrogens is 1. The molecule has 2 aromatic rings. The van der Waals surface area contributed by atoms with Crippen LogP contribution in [0.4, 0.5) is 0 Å². The number of ether oxygens (including phenoxy) is 1. The molecule has 3 rings (SSSR count). The van der Waals surface area contributed by atoms with Gasteiger partial charge in [0.1, 0.15) is 11.5 Å². The third kappa shape index (κ3) is 5.13. The Labute approximate surface area is 210 Å². The van der Waals surface area contributed by atoms with E-state index in [1.807, 2.05) is 0 Å². The molecular weight excluding hydrogens is 470 g/mol. The number of aromatic nitrogens is 1. The molecule has 1 aliphatic heterocycles. The number of carbonyl (C=O) groups excluding carboxylic acids is 3. The Morgan fingerprint density at radius 2 is 1.91 bits per heavy atom. The summed E-state index contributed by atoms with van der Waals surface area (Å²) in [7, 11) is 1.26. The largest absolute Gasteiger partial charge is 0.507 e. The Kier molecular flexibility index (Phi) is 8.40. The zero-order valence-electron chi connectivity index (χ0n) is 20.8. The van der Waals surface area contributed by atoms with Gasteiger partial charge in [-0.15, -0.1) is 0 Å². The number of esters is 1. The second kappa shape index (κ2) is 11.1. The standard InChI is InChI=1S/C26H32ClN3O5/c1-6-29(7-2)12-9-13-30-22(17-10-8-11-18(27)14-17)20(24(32)25(30)33)23(31)19-15(3)21(26(34)35-5)28-16(19)4/h8,10-11,14,22,28,31H,6-7,9,12-13H2,1-5H3/t22-/m1/s1. The lowest BCUT2D eigenvalue weighted by Crippen LogP contribution is -2.33. The molecule has 2 N–H and O–H groups in total. The van der Waals surface area contributed by atoms with Crippen LogP contribution in [0.2, 0.25) is 5.02 Å². The van der Waals surface area contributed by atoms with E-state index in [0.717, 1.165) is 19.6 Å². The number of methoxy groups -OCH3 is 1. The maximum absolute atomic E-state index is 13.3. The average molecular weight is 502 g/mol. The summed E-state index contributed by atoms with van der Waals surface area (Å²) in [6, 6.07) is 6.13. The van der Waals surface area contributed by atoms with Crippen LogP contribution >= 0.6 is 11.6 Å². The van der Waals surface area contributed by atoms with Crippen molar-refractivity contribution < 1.29 is 24.2 Å². The molecule has 1 aromatic heterocycles. The van der Waals surface area contributed by atoms with Crippen LogP contribution in [-0.4, -0.2) is 70.8 Å². The third-order valence-corrected chi connectivity index (χ3v) is 6.77. The van der Waals surface area contributed by atoms with Crippen LogP contribution in [0.15, 0.2) is 29.8 Å². The molecule has 1 aliphatic rings. The van der Waals surface area contributed by atoms with E-state index < -0.39 is 23.7 Å². The molecule has 1 saturated heterocycles. The number of Topliss-reactive ketones (excluding diaryl/α,β-unsaturated/α-hetero) is 1. The summed E-state index contributed by atoms with van der Waals surface area (Å²) in [6.07, 6.45) is 0.667. The van der Waals surface area contributed by atoms with Crippen LogP contribution in [0.5, 0.6) is 0 Å². The normalized spacial score (nSPS) is 17.5. The van der Waals surface area contributed by atoms with Crippen molar-refractivity contribution in [2.75, 3.05) is 33.3 Å². The molecule has 35 heavy (non-hydrogen) atoms. The van der Waals surface area contributed by atoms with Gasteiger partial charge in [-0.1, -0.05) is 37.6 Å². The summed E-state index contributed by atoms with van der Waals surface area (Å²) >= 11 is 6.25. The number of aromatic amines is 1. The fraction of sp³-hybridized carbons (Fsp3) is 0.423. The lowest BCUT2D eigenvalue weighted by atomic mass is 9.94. The smallest absolute Gasteiger partial charge is 0.354 e. The van der Waals surface area contributed by atoms with Crippen LogP contribution < -0.4 is 0 Å². The van der Waals surface area contributed by atoms with Crippen molar-refractivity contribution in [2.45, 2.75) is 40.2 Å². The van der Waals surface area contributed by atoms with E-state index in [4.69, 9.17) is 16.3 Å². The number of nitrogens with zero attached hydrogens (tertiary/aromatic N) is 2. The molecule has 1 fully saturated rings. The van der Waals surface area contributed by atoms with Gasteiger partial charge in [0.25, 0.3) is 11.7 Å². The Bertz CT molecular complexity index is 1170. The molecule has 1 aromatic carbocycles. The number of nitrogens with one attached hydrogen (secondary N) is 1. The molecular formula is C26H32ClN3O5. The van der Waals surface area contributed by atoms with Crippen LogP contribution in [0.25, 0.3) is 5.76 Å². The van der Waals surface area contributed by atoms with Crippen molar-refractivity contribution in [1.29, 1.82) is 0 Å². The van der Waals surface area contributed by atoms with Crippen LogP contribution in [-0.2, 0) is 14.3 Å². The summed E-state index contributed by atoms with van der Waals surface area (Å²) in [5.41, 5.74) is 2.00. The van der Waals surface area contributed by atoms with E-state index in [-0.39, 0.29) is 17.0 Å². The van der Waals surface area contributed by atoms with Crippen molar-refractivity contribution in [2.24, 2.45) is 0 Å². The molecule has 188 valence electrons. The first kappa shape index (κ1) is 26.5. The molecule has 2 heterocycles. The molecule has 0 unspecified atom stereocenters. The van der Waals surface area contributed by atoms with Crippen molar-refractivity contribution >= 4 is 35.0 Å². The molecule has 0 spiro atoms. The van der Waals surface area contributed by atoms with E-state index in [0.29, 0.717) is 40.4 Å². The molecule has 0 aliphatic carbocycles.